The number of hydrogen-bond acceptors (Lipinski definition) is 3. The topological polar surface area (TPSA) is 29.0 Å². The Hall–Kier alpha value is -0.350. The van der Waals surface area contributed by atoms with Gasteiger partial charge in [-0.25, -0.2) is 4.98 Å². The van der Waals surface area contributed by atoms with Crippen molar-refractivity contribution in [1.29, 1.82) is 0 Å². The quantitative estimate of drug-likeness (QED) is 0.781. The summed E-state index contributed by atoms with van der Waals surface area (Å²) in [7, 11) is 0. The molecule has 2 atom stereocenters. The van der Waals surface area contributed by atoms with E-state index in [9.17, 15) is 0 Å². The zero-order chi connectivity index (χ0) is 11.7. The van der Waals surface area contributed by atoms with Crippen LogP contribution in [0.1, 0.15) is 33.1 Å². The summed E-state index contributed by atoms with van der Waals surface area (Å²) < 4.78 is 0.920. The van der Waals surface area contributed by atoms with Crippen LogP contribution in [0.3, 0.4) is 0 Å². The number of nitrogens with zero attached hydrogens (tertiary/aromatic N) is 3. The maximum atomic E-state index is 5.86. The number of anilines is 1. The molecule has 0 spiro atoms. The van der Waals surface area contributed by atoms with E-state index < -0.39 is 0 Å². The normalized spacial score (nSPS) is 25.1. The van der Waals surface area contributed by atoms with Crippen LogP contribution < -0.4 is 4.90 Å². The van der Waals surface area contributed by atoms with Gasteiger partial charge in [0.25, 0.3) is 0 Å². The molecule has 88 valence electrons. The van der Waals surface area contributed by atoms with Crippen LogP contribution in [-0.4, -0.2) is 22.1 Å². The van der Waals surface area contributed by atoms with Gasteiger partial charge in [0.15, 0.2) is 0 Å². The van der Waals surface area contributed by atoms with Crippen molar-refractivity contribution in [3.05, 3.63) is 16.0 Å². The summed E-state index contributed by atoms with van der Waals surface area (Å²) in [6.07, 6.45) is 5.30. The van der Waals surface area contributed by atoms with E-state index in [4.69, 9.17) is 11.6 Å². The fourth-order valence-corrected chi connectivity index (χ4v) is 2.90. The van der Waals surface area contributed by atoms with Gasteiger partial charge in [0.05, 0.1) is 4.47 Å². The van der Waals surface area contributed by atoms with E-state index in [1.54, 1.807) is 6.20 Å². The lowest BCUT2D eigenvalue weighted by molar-refractivity contribution is 0.619. The zero-order valence-electron chi connectivity index (χ0n) is 9.45. The monoisotopic (exact) mass is 303 g/mol. The van der Waals surface area contributed by atoms with Crippen molar-refractivity contribution in [3.63, 3.8) is 0 Å². The van der Waals surface area contributed by atoms with Gasteiger partial charge in [-0.05, 0) is 53.7 Å². The Morgan fingerprint density at radius 1 is 1.56 bits per heavy atom. The van der Waals surface area contributed by atoms with Crippen molar-refractivity contribution in [2.45, 2.75) is 45.2 Å². The Balaban J connectivity index is 2.37. The van der Waals surface area contributed by atoms with Crippen LogP contribution >= 0.6 is 27.5 Å². The molecule has 0 bridgehead atoms. The van der Waals surface area contributed by atoms with Crippen LogP contribution in [0.25, 0.3) is 0 Å². The largest absolute Gasteiger partial charge is 0.350 e. The predicted molar refractivity (Wildman–Crippen MR) is 70.0 cm³/mol. The van der Waals surface area contributed by atoms with Gasteiger partial charge < -0.3 is 4.90 Å². The summed E-state index contributed by atoms with van der Waals surface area (Å²) in [5.41, 5.74) is 0. The maximum Gasteiger partial charge on any atom is 0.224 e. The molecule has 0 saturated carbocycles. The molecule has 16 heavy (non-hydrogen) atoms. The first kappa shape index (κ1) is 12.1. The minimum atomic E-state index is 0.312. The second-order valence-corrected chi connectivity index (χ2v) is 5.40. The van der Waals surface area contributed by atoms with E-state index in [0.717, 1.165) is 16.7 Å². The van der Waals surface area contributed by atoms with Crippen molar-refractivity contribution in [2.24, 2.45) is 0 Å². The third kappa shape index (κ3) is 2.18. The van der Waals surface area contributed by atoms with E-state index in [-0.39, 0.29) is 0 Å². The van der Waals surface area contributed by atoms with Gasteiger partial charge in [-0.15, -0.1) is 0 Å². The molecule has 0 aliphatic carbocycles. The molecule has 1 aromatic heterocycles. The maximum absolute atomic E-state index is 5.86. The number of halogens is 2. The van der Waals surface area contributed by atoms with Crippen LogP contribution in [0.4, 0.5) is 5.82 Å². The molecule has 0 aromatic carbocycles. The molecule has 0 amide bonds. The Bertz CT molecular complexity index is 385. The van der Waals surface area contributed by atoms with Gasteiger partial charge >= 0.3 is 0 Å². The van der Waals surface area contributed by atoms with Gasteiger partial charge in [-0.1, -0.05) is 6.92 Å². The van der Waals surface area contributed by atoms with E-state index in [2.05, 4.69) is 44.6 Å². The molecule has 2 rings (SSSR count). The summed E-state index contributed by atoms with van der Waals surface area (Å²) in [6, 6.07) is 1.09. The van der Waals surface area contributed by atoms with Gasteiger partial charge in [0, 0.05) is 18.3 Å². The number of rotatable bonds is 2. The Labute approximate surface area is 109 Å². The van der Waals surface area contributed by atoms with Crippen LogP contribution in [0.2, 0.25) is 5.28 Å². The first-order valence-electron chi connectivity index (χ1n) is 5.59. The second kappa shape index (κ2) is 4.88. The first-order valence-corrected chi connectivity index (χ1v) is 6.77. The number of aromatic nitrogens is 2. The standard InChI is InChI=1S/C11H15BrClN3/c1-3-8-5-4-7(2)16(8)10-9(12)6-14-11(13)15-10/h6-8H,3-5H2,1-2H3. The first-order chi connectivity index (χ1) is 7.63. The molecular weight excluding hydrogens is 289 g/mol. The lowest BCUT2D eigenvalue weighted by Gasteiger charge is -2.29. The highest BCUT2D eigenvalue weighted by Gasteiger charge is 2.31. The second-order valence-electron chi connectivity index (χ2n) is 4.21. The van der Waals surface area contributed by atoms with Gasteiger partial charge in [0.1, 0.15) is 5.82 Å². The summed E-state index contributed by atoms with van der Waals surface area (Å²) in [5, 5.41) is 0.312. The summed E-state index contributed by atoms with van der Waals surface area (Å²) in [5.74, 6) is 0.928. The zero-order valence-corrected chi connectivity index (χ0v) is 11.8. The van der Waals surface area contributed by atoms with E-state index in [1.165, 1.54) is 12.8 Å². The van der Waals surface area contributed by atoms with Crippen LogP contribution in [0.5, 0.6) is 0 Å². The lowest BCUT2D eigenvalue weighted by Crippen LogP contribution is -2.35. The summed E-state index contributed by atoms with van der Waals surface area (Å²) in [4.78, 5) is 10.7. The molecule has 0 radical (unpaired) electrons. The molecule has 1 saturated heterocycles. The highest BCUT2D eigenvalue weighted by Crippen LogP contribution is 2.35. The van der Waals surface area contributed by atoms with Gasteiger partial charge in [-0.2, -0.15) is 4.98 Å². The highest BCUT2D eigenvalue weighted by molar-refractivity contribution is 9.10. The average molecular weight is 305 g/mol. The van der Waals surface area contributed by atoms with Crippen molar-refractivity contribution >= 4 is 33.3 Å². The molecule has 3 nitrogen and oxygen atoms in total. The Morgan fingerprint density at radius 2 is 2.31 bits per heavy atom. The smallest absolute Gasteiger partial charge is 0.224 e. The van der Waals surface area contributed by atoms with E-state index in [0.29, 0.717) is 17.4 Å². The van der Waals surface area contributed by atoms with Gasteiger partial charge in [-0.3, -0.25) is 0 Å². The van der Waals surface area contributed by atoms with Crippen molar-refractivity contribution < 1.29 is 0 Å². The van der Waals surface area contributed by atoms with Crippen LogP contribution in [0.15, 0.2) is 10.7 Å². The molecule has 5 heteroatoms. The molecule has 1 aliphatic rings. The Morgan fingerprint density at radius 3 is 3.00 bits per heavy atom. The Kier molecular flexibility index (Phi) is 3.70. The van der Waals surface area contributed by atoms with Crippen molar-refractivity contribution in [2.75, 3.05) is 4.90 Å². The molecule has 1 aliphatic heterocycles. The van der Waals surface area contributed by atoms with Crippen LogP contribution in [0, 0.1) is 0 Å². The fraction of sp³-hybridized carbons (Fsp3) is 0.636. The SMILES string of the molecule is CCC1CCC(C)N1c1nc(Cl)ncc1Br. The highest BCUT2D eigenvalue weighted by atomic mass is 79.9. The minimum absolute atomic E-state index is 0.312. The predicted octanol–water partition coefficient (Wildman–Crippen LogP) is 3.66. The molecular formula is C11H15BrClN3. The molecule has 1 fully saturated rings. The van der Waals surface area contributed by atoms with E-state index >= 15 is 0 Å². The lowest BCUT2D eigenvalue weighted by atomic mass is 10.1. The number of hydrogen-bond donors (Lipinski definition) is 0. The van der Waals surface area contributed by atoms with Crippen molar-refractivity contribution in [3.8, 4) is 0 Å². The summed E-state index contributed by atoms with van der Waals surface area (Å²) in [6.45, 7) is 4.45. The molecule has 0 N–H and O–H groups in total. The molecule has 1 aromatic rings. The molecule has 2 heterocycles. The minimum Gasteiger partial charge on any atom is -0.350 e. The third-order valence-electron chi connectivity index (χ3n) is 3.20. The van der Waals surface area contributed by atoms with E-state index in [1.807, 2.05) is 0 Å². The molecule has 2 unspecified atom stereocenters. The third-order valence-corrected chi connectivity index (χ3v) is 3.94. The average Bonchev–Trinajstić information content (AvgIpc) is 2.63. The fourth-order valence-electron chi connectivity index (χ4n) is 2.37. The van der Waals surface area contributed by atoms with Gasteiger partial charge in [0.2, 0.25) is 5.28 Å². The summed E-state index contributed by atoms with van der Waals surface area (Å²) >= 11 is 9.36. The van der Waals surface area contributed by atoms with Crippen LogP contribution in [-0.2, 0) is 0 Å². The van der Waals surface area contributed by atoms with Crippen molar-refractivity contribution in [1.82, 2.24) is 9.97 Å².